The molecular weight excluding hydrogens is 358 g/mol. The number of nitrogens with one attached hydrogen (secondary N) is 2. The molecule has 2 aromatic carbocycles. The van der Waals surface area contributed by atoms with Crippen molar-refractivity contribution in [2.75, 3.05) is 5.32 Å². The summed E-state index contributed by atoms with van der Waals surface area (Å²) >= 11 is 7.32. The van der Waals surface area contributed by atoms with Crippen molar-refractivity contribution in [3.05, 3.63) is 53.6 Å². The van der Waals surface area contributed by atoms with E-state index in [2.05, 4.69) is 20.5 Å². The van der Waals surface area contributed by atoms with Crippen LogP contribution in [0, 0.1) is 0 Å². The first kappa shape index (κ1) is 16.0. The maximum atomic E-state index is 12.5. The Balaban J connectivity index is 1.57. The highest BCUT2D eigenvalue weighted by molar-refractivity contribution is 8.00. The van der Waals surface area contributed by atoms with E-state index in [1.54, 1.807) is 24.3 Å². The highest BCUT2D eigenvalue weighted by atomic mass is 35.5. The normalized spacial score (nSPS) is 12.6. The van der Waals surface area contributed by atoms with Crippen LogP contribution in [-0.2, 0) is 4.79 Å². The smallest absolute Gasteiger partial charge is 0.237 e. The van der Waals surface area contributed by atoms with Gasteiger partial charge in [-0.25, -0.2) is 10.1 Å². The zero-order valence-corrected chi connectivity index (χ0v) is 14.8. The van der Waals surface area contributed by atoms with Gasteiger partial charge in [0.15, 0.2) is 5.16 Å². The summed E-state index contributed by atoms with van der Waals surface area (Å²) in [6.07, 6.45) is 0. The van der Waals surface area contributed by atoms with E-state index in [1.807, 2.05) is 35.6 Å². The Labute approximate surface area is 152 Å². The number of H-pyrrole nitrogens is 1. The number of hydrogen-bond acceptors (Lipinski definition) is 4. The lowest BCUT2D eigenvalue weighted by Crippen LogP contribution is -2.22. The van der Waals surface area contributed by atoms with Gasteiger partial charge >= 0.3 is 0 Å². The number of rotatable bonds is 4. The molecule has 1 atom stereocenters. The van der Waals surface area contributed by atoms with Gasteiger partial charge in [-0.3, -0.25) is 9.20 Å². The van der Waals surface area contributed by atoms with E-state index in [-0.39, 0.29) is 11.2 Å². The van der Waals surface area contributed by atoms with Gasteiger partial charge in [-0.15, -0.1) is 5.10 Å². The number of benzene rings is 2. The quantitative estimate of drug-likeness (QED) is 0.532. The van der Waals surface area contributed by atoms with Crippen molar-refractivity contribution in [2.24, 2.45) is 0 Å². The molecule has 4 aromatic rings. The van der Waals surface area contributed by atoms with Crippen molar-refractivity contribution in [1.82, 2.24) is 19.6 Å². The number of hydrogen-bond donors (Lipinski definition) is 2. The molecule has 0 aliphatic heterocycles. The van der Waals surface area contributed by atoms with Gasteiger partial charge in [-0.05, 0) is 37.3 Å². The molecular formula is C17H14ClN5OS. The number of imidazole rings is 1. The van der Waals surface area contributed by atoms with Crippen LogP contribution < -0.4 is 5.32 Å². The Kier molecular flexibility index (Phi) is 4.10. The minimum atomic E-state index is -0.341. The predicted octanol–water partition coefficient (Wildman–Crippen LogP) is 3.98. The van der Waals surface area contributed by atoms with Gasteiger partial charge in [0.2, 0.25) is 11.7 Å². The molecule has 0 radical (unpaired) electrons. The molecule has 0 aliphatic rings. The maximum Gasteiger partial charge on any atom is 0.237 e. The minimum absolute atomic E-state index is 0.118. The Morgan fingerprint density at radius 3 is 2.96 bits per heavy atom. The van der Waals surface area contributed by atoms with E-state index >= 15 is 0 Å². The second-order valence-corrected chi connectivity index (χ2v) is 7.27. The van der Waals surface area contributed by atoms with E-state index < -0.39 is 0 Å². The van der Waals surface area contributed by atoms with Crippen molar-refractivity contribution in [3.63, 3.8) is 0 Å². The molecule has 0 bridgehead atoms. The molecule has 0 aliphatic carbocycles. The first-order valence-electron chi connectivity index (χ1n) is 7.66. The summed E-state index contributed by atoms with van der Waals surface area (Å²) in [5.74, 6) is 0.541. The van der Waals surface area contributed by atoms with Gasteiger partial charge < -0.3 is 5.32 Å². The average molecular weight is 372 g/mol. The fraction of sp³-hybridized carbons (Fsp3) is 0.118. The Morgan fingerprint density at radius 1 is 1.28 bits per heavy atom. The largest absolute Gasteiger partial charge is 0.325 e. The molecule has 2 heterocycles. The molecule has 0 saturated heterocycles. The van der Waals surface area contributed by atoms with E-state index in [0.29, 0.717) is 21.6 Å². The zero-order chi connectivity index (χ0) is 17.4. The first-order chi connectivity index (χ1) is 12.1. The van der Waals surface area contributed by atoms with Gasteiger partial charge in [-0.2, -0.15) is 0 Å². The SMILES string of the molecule is CC(Sc1n[nH]c2nc3ccccc3n12)C(=O)Nc1cccc(Cl)c1. The van der Waals surface area contributed by atoms with E-state index in [1.165, 1.54) is 11.8 Å². The van der Waals surface area contributed by atoms with E-state index in [0.717, 1.165) is 11.0 Å². The predicted molar refractivity (Wildman–Crippen MR) is 100 cm³/mol. The van der Waals surface area contributed by atoms with Crippen molar-refractivity contribution in [3.8, 4) is 0 Å². The summed E-state index contributed by atoms with van der Waals surface area (Å²) < 4.78 is 1.92. The number of fused-ring (bicyclic) bond motifs is 3. The van der Waals surface area contributed by atoms with Crippen molar-refractivity contribution < 1.29 is 4.79 Å². The molecule has 0 saturated carbocycles. The average Bonchev–Trinajstić information content (AvgIpc) is 3.14. The number of anilines is 1. The molecule has 126 valence electrons. The minimum Gasteiger partial charge on any atom is -0.325 e. The fourth-order valence-corrected chi connectivity index (χ4v) is 3.60. The van der Waals surface area contributed by atoms with Crippen LogP contribution in [-0.4, -0.2) is 30.7 Å². The lowest BCUT2D eigenvalue weighted by molar-refractivity contribution is -0.115. The van der Waals surface area contributed by atoms with Gasteiger partial charge in [0.1, 0.15) is 0 Å². The van der Waals surface area contributed by atoms with Crippen LogP contribution in [0.4, 0.5) is 5.69 Å². The molecule has 6 nitrogen and oxygen atoms in total. The first-order valence-corrected chi connectivity index (χ1v) is 8.92. The summed E-state index contributed by atoms with van der Waals surface area (Å²) in [4.78, 5) is 16.9. The third-order valence-corrected chi connectivity index (χ3v) is 5.03. The van der Waals surface area contributed by atoms with Crippen molar-refractivity contribution in [1.29, 1.82) is 0 Å². The topological polar surface area (TPSA) is 75.1 Å². The lowest BCUT2D eigenvalue weighted by Gasteiger charge is -2.11. The summed E-state index contributed by atoms with van der Waals surface area (Å²) in [7, 11) is 0. The molecule has 25 heavy (non-hydrogen) atoms. The Hall–Kier alpha value is -2.51. The molecule has 2 N–H and O–H groups in total. The number of amides is 1. The number of carbonyl (C=O) groups excluding carboxylic acids is 1. The van der Waals surface area contributed by atoms with Crippen molar-refractivity contribution in [2.45, 2.75) is 17.3 Å². The van der Waals surface area contributed by atoms with Crippen LogP contribution >= 0.6 is 23.4 Å². The zero-order valence-electron chi connectivity index (χ0n) is 13.2. The molecule has 2 aromatic heterocycles. The van der Waals surface area contributed by atoms with Crippen LogP contribution in [0.2, 0.25) is 5.02 Å². The second-order valence-electron chi connectivity index (χ2n) is 5.53. The fourth-order valence-electron chi connectivity index (χ4n) is 2.54. The Morgan fingerprint density at radius 2 is 2.12 bits per heavy atom. The summed E-state index contributed by atoms with van der Waals surface area (Å²) in [6, 6.07) is 14.9. The lowest BCUT2D eigenvalue weighted by atomic mass is 10.3. The Bertz CT molecular complexity index is 1070. The van der Waals surface area contributed by atoms with Crippen molar-refractivity contribution >= 4 is 51.8 Å². The number of thioether (sulfide) groups is 1. The molecule has 4 rings (SSSR count). The number of halogens is 1. The van der Waals surface area contributed by atoms with Crippen LogP contribution in [0.25, 0.3) is 16.8 Å². The van der Waals surface area contributed by atoms with E-state index in [9.17, 15) is 4.79 Å². The molecule has 1 unspecified atom stereocenters. The maximum absolute atomic E-state index is 12.5. The number of aromatic amines is 1. The second kappa shape index (κ2) is 6.42. The summed E-state index contributed by atoms with van der Waals surface area (Å²) in [5.41, 5.74) is 2.51. The monoisotopic (exact) mass is 371 g/mol. The van der Waals surface area contributed by atoms with Crippen LogP contribution in [0.3, 0.4) is 0 Å². The number of nitrogens with zero attached hydrogens (tertiary/aromatic N) is 3. The third-order valence-electron chi connectivity index (χ3n) is 3.75. The molecule has 1 amide bonds. The summed E-state index contributed by atoms with van der Waals surface area (Å²) in [5, 5.41) is 11.0. The van der Waals surface area contributed by atoms with Gasteiger partial charge in [0, 0.05) is 10.7 Å². The number of carbonyl (C=O) groups is 1. The number of aromatic nitrogens is 4. The van der Waals surface area contributed by atoms with Crippen LogP contribution in [0.5, 0.6) is 0 Å². The molecule has 0 fully saturated rings. The third kappa shape index (κ3) is 3.08. The summed E-state index contributed by atoms with van der Waals surface area (Å²) in [6.45, 7) is 1.84. The van der Waals surface area contributed by atoms with Gasteiger partial charge in [-0.1, -0.05) is 41.6 Å². The van der Waals surface area contributed by atoms with Gasteiger partial charge in [0.25, 0.3) is 0 Å². The molecule has 0 spiro atoms. The number of para-hydroxylation sites is 2. The van der Waals surface area contributed by atoms with Crippen LogP contribution in [0.1, 0.15) is 6.92 Å². The van der Waals surface area contributed by atoms with Crippen LogP contribution in [0.15, 0.2) is 53.7 Å². The van der Waals surface area contributed by atoms with Gasteiger partial charge in [0.05, 0.1) is 16.3 Å². The standard InChI is InChI=1S/C17H14ClN5OS/c1-10(15(24)19-12-6-4-5-11(18)9-12)25-17-22-21-16-20-13-7-2-3-8-14(13)23(16)17/h2-10H,1H3,(H,19,24)(H,20,21). The highest BCUT2D eigenvalue weighted by Crippen LogP contribution is 2.26. The molecule has 8 heteroatoms. The van der Waals surface area contributed by atoms with E-state index in [4.69, 9.17) is 11.6 Å². The highest BCUT2D eigenvalue weighted by Gasteiger charge is 2.19.